The molecule has 1 rings (SSSR count). The Labute approximate surface area is 107 Å². The molecule has 0 aromatic heterocycles. The average Bonchev–Trinajstić information content (AvgIpc) is 2.26. The molecule has 0 heterocycles. The summed E-state index contributed by atoms with van der Waals surface area (Å²) < 4.78 is 0. The lowest BCUT2D eigenvalue weighted by Gasteiger charge is -2.50. The molecule has 16 heavy (non-hydrogen) atoms. The van der Waals surface area contributed by atoms with Crippen molar-refractivity contribution in [3.63, 3.8) is 0 Å². The largest absolute Gasteiger partial charge is 0.317 e. The molecule has 1 nitrogen and oxygen atoms in total. The molecule has 1 aliphatic rings. The Morgan fingerprint density at radius 2 is 1.50 bits per heavy atom. The van der Waals surface area contributed by atoms with Gasteiger partial charge in [-0.05, 0) is 31.1 Å². The standard InChI is InChI=1S/C14H29NS/c1-3-5-9-13(10-6-4-2)11-7-8-12-14(13,15)16/h16H,3-12,15H2,1-2H3. The van der Waals surface area contributed by atoms with Crippen LogP contribution in [0.15, 0.2) is 0 Å². The number of nitrogens with two attached hydrogens (primary N) is 1. The van der Waals surface area contributed by atoms with Gasteiger partial charge in [-0.15, -0.1) is 0 Å². The van der Waals surface area contributed by atoms with E-state index in [0.29, 0.717) is 5.41 Å². The van der Waals surface area contributed by atoms with Gasteiger partial charge in [-0.1, -0.05) is 52.4 Å². The van der Waals surface area contributed by atoms with E-state index in [1.807, 2.05) is 0 Å². The first-order chi connectivity index (χ1) is 7.58. The summed E-state index contributed by atoms with van der Waals surface area (Å²) in [6.45, 7) is 4.54. The van der Waals surface area contributed by atoms with Crippen molar-refractivity contribution >= 4 is 12.6 Å². The monoisotopic (exact) mass is 243 g/mol. The summed E-state index contributed by atoms with van der Waals surface area (Å²) in [6, 6.07) is 0. The van der Waals surface area contributed by atoms with Gasteiger partial charge in [-0.25, -0.2) is 0 Å². The highest BCUT2D eigenvalue weighted by Crippen LogP contribution is 2.51. The zero-order chi connectivity index (χ0) is 12.1. The second-order valence-electron chi connectivity index (χ2n) is 5.62. The second kappa shape index (κ2) is 6.30. The van der Waals surface area contributed by atoms with E-state index in [1.165, 1.54) is 57.8 Å². The molecule has 0 bridgehead atoms. The van der Waals surface area contributed by atoms with Gasteiger partial charge in [0.25, 0.3) is 0 Å². The summed E-state index contributed by atoms with van der Waals surface area (Å²) in [7, 11) is 0. The Balaban J connectivity index is 2.73. The zero-order valence-corrected chi connectivity index (χ0v) is 12.0. The van der Waals surface area contributed by atoms with Crippen molar-refractivity contribution in [3.05, 3.63) is 0 Å². The molecule has 2 heteroatoms. The Bertz CT molecular complexity index is 193. The molecule has 1 unspecified atom stereocenters. The fourth-order valence-electron chi connectivity index (χ4n) is 3.18. The molecule has 0 aromatic carbocycles. The Morgan fingerprint density at radius 1 is 1.00 bits per heavy atom. The minimum absolute atomic E-state index is 0.213. The number of rotatable bonds is 6. The fraction of sp³-hybridized carbons (Fsp3) is 1.00. The van der Waals surface area contributed by atoms with Gasteiger partial charge in [-0.3, -0.25) is 0 Å². The van der Waals surface area contributed by atoms with Crippen LogP contribution in [0.3, 0.4) is 0 Å². The van der Waals surface area contributed by atoms with Crippen LogP contribution in [0.4, 0.5) is 0 Å². The van der Waals surface area contributed by atoms with Crippen LogP contribution < -0.4 is 5.73 Å². The Kier molecular flexibility index (Phi) is 5.66. The fourth-order valence-corrected chi connectivity index (χ4v) is 3.67. The summed E-state index contributed by atoms with van der Waals surface area (Å²) in [6.07, 6.45) is 12.7. The van der Waals surface area contributed by atoms with Crippen LogP contribution in [0.25, 0.3) is 0 Å². The summed E-state index contributed by atoms with van der Waals surface area (Å²) in [5.41, 5.74) is 6.82. The topological polar surface area (TPSA) is 26.0 Å². The molecule has 1 saturated carbocycles. The zero-order valence-electron chi connectivity index (χ0n) is 11.1. The van der Waals surface area contributed by atoms with Gasteiger partial charge in [0.05, 0.1) is 4.87 Å². The van der Waals surface area contributed by atoms with E-state index in [9.17, 15) is 0 Å². The predicted octanol–water partition coefficient (Wildman–Crippen LogP) is 4.51. The molecule has 1 fully saturated rings. The van der Waals surface area contributed by atoms with E-state index < -0.39 is 0 Å². The number of hydrogen-bond donors (Lipinski definition) is 2. The quantitative estimate of drug-likeness (QED) is 0.521. The predicted molar refractivity (Wildman–Crippen MR) is 75.9 cm³/mol. The van der Waals surface area contributed by atoms with Gasteiger partial charge in [0, 0.05) is 0 Å². The minimum Gasteiger partial charge on any atom is -0.317 e. The molecule has 0 radical (unpaired) electrons. The van der Waals surface area contributed by atoms with Crippen molar-refractivity contribution < 1.29 is 0 Å². The molecule has 0 amide bonds. The lowest BCUT2D eigenvalue weighted by molar-refractivity contribution is 0.0977. The van der Waals surface area contributed by atoms with Crippen LogP contribution in [0.5, 0.6) is 0 Å². The minimum atomic E-state index is -0.213. The average molecular weight is 243 g/mol. The SMILES string of the molecule is CCCCC1(CCCC)CCCCC1(N)S. The molecule has 1 atom stereocenters. The van der Waals surface area contributed by atoms with Crippen LogP contribution in [-0.4, -0.2) is 4.87 Å². The van der Waals surface area contributed by atoms with E-state index >= 15 is 0 Å². The van der Waals surface area contributed by atoms with Gasteiger partial charge in [0.15, 0.2) is 0 Å². The molecular formula is C14H29NS. The van der Waals surface area contributed by atoms with Crippen molar-refractivity contribution in [3.8, 4) is 0 Å². The molecular weight excluding hydrogens is 214 g/mol. The van der Waals surface area contributed by atoms with Gasteiger partial charge in [0.2, 0.25) is 0 Å². The van der Waals surface area contributed by atoms with Crippen LogP contribution >= 0.6 is 12.6 Å². The number of hydrogen-bond acceptors (Lipinski definition) is 2. The molecule has 0 saturated heterocycles. The van der Waals surface area contributed by atoms with E-state index in [2.05, 4.69) is 13.8 Å². The lowest BCUT2D eigenvalue weighted by atomic mass is 9.64. The molecule has 2 N–H and O–H groups in total. The highest BCUT2D eigenvalue weighted by molar-refractivity contribution is 7.81. The first kappa shape index (κ1) is 14.4. The van der Waals surface area contributed by atoms with Crippen LogP contribution in [0, 0.1) is 5.41 Å². The van der Waals surface area contributed by atoms with E-state index in [-0.39, 0.29) is 4.87 Å². The van der Waals surface area contributed by atoms with E-state index in [1.54, 1.807) is 0 Å². The van der Waals surface area contributed by atoms with Gasteiger partial charge >= 0.3 is 0 Å². The summed E-state index contributed by atoms with van der Waals surface area (Å²) in [4.78, 5) is -0.213. The number of unbranched alkanes of at least 4 members (excludes halogenated alkanes) is 2. The van der Waals surface area contributed by atoms with Crippen molar-refractivity contribution in [2.75, 3.05) is 0 Å². The molecule has 1 aliphatic carbocycles. The van der Waals surface area contributed by atoms with Crippen LogP contribution in [0.2, 0.25) is 0 Å². The lowest BCUT2D eigenvalue weighted by Crippen LogP contribution is -2.53. The maximum absolute atomic E-state index is 6.50. The van der Waals surface area contributed by atoms with Crippen molar-refractivity contribution in [2.24, 2.45) is 11.1 Å². The highest BCUT2D eigenvalue weighted by atomic mass is 32.1. The Hall–Kier alpha value is 0.310. The third-order valence-corrected chi connectivity index (χ3v) is 5.10. The summed E-state index contributed by atoms with van der Waals surface area (Å²) >= 11 is 4.82. The normalized spacial score (nSPS) is 29.2. The molecule has 0 aliphatic heterocycles. The van der Waals surface area contributed by atoms with Gasteiger partial charge in [-0.2, -0.15) is 12.6 Å². The molecule has 96 valence electrons. The maximum Gasteiger partial charge on any atom is 0.0647 e. The van der Waals surface area contributed by atoms with Crippen molar-refractivity contribution in [2.45, 2.75) is 82.9 Å². The first-order valence-electron chi connectivity index (χ1n) is 7.09. The summed E-state index contributed by atoms with van der Waals surface area (Å²) in [5, 5.41) is 0. The van der Waals surface area contributed by atoms with Crippen LogP contribution in [-0.2, 0) is 0 Å². The maximum atomic E-state index is 6.50. The van der Waals surface area contributed by atoms with Crippen LogP contribution in [0.1, 0.15) is 78.1 Å². The summed E-state index contributed by atoms with van der Waals surface area (Å²) in [5.74, 6) is 0. The second-order valence-corrected chi connectivity index (χ2v) is 6.42. The molecule has 0 aromatic rings. The third-order valence-electron chi connectivity index (χ3n) is 4.40. The van der Waals surface area contributed by atoms with Crippen molar-refractivity contribution in [1.82, 2.24) is 0 Å². The van der Waals surface area contributed by atoms with Gasteiger partial charge in [0.1, 0.15) is 0 Å². The number of thiol groups is 1. The molecule has 0 spiro atoms. The smallest absolute Gasteiger partial charge is 0.0647 e. The van der Waals surface area contributed by atoms with E-state index in [0.717, 1.165) is 6.42 Å². The van der Waals surface area contributed by atoms with E-state index in [4.69, 9.17) is 18.4 Å². The highest BCUT2D eigenvalue weighted by Gasteiger charge is 2.46. The first-order valence-corrected chi connectivity index (χ1v) is 7.54. The Morgan fingerprint density at radius 3 is 1.94 bits per heavy atom. The van der Waals surface area contributed by atoms with Gasteiger partial charge < -0.3 is 5.73 Å². The van der Waals surface area contributed by atoms with Crippen molar-refractivity contribution in [1.29, 1.82) is 0 Å². The third kappa shape index (κ3) is 3.16.